The van der Waals surface area contributed by atoms with Gasteiger partial charge in [0.25, 0.3) is 0 Å². The maximum absolute atomic E-state index is 13.8. The van der Waals surface area contributed by atoms with Gasteiger partial charge in [-0.2, -0.15) is 0 Å². The maximum atomic E-state index is 13.8. The van der Waals surface area contributed by atoms with Crippen molar-refractivity contribution in [2.45, 2.75) is 13.2 Å². The van der Waals surface area contributed by atoms with E-state index in [0.717, 1.165) is 11.0 Å². The van der Waals surface area contributed by atoms with Crippen LogP contribution in [0.15, 0.2) is 72.8 Å². The number of carbonyl (C=O) groups excluding carboxylic acids is 1. The van der Waals surface area contributed by atoms with E-state index in [2.05, 4.69) is 10.3 Å². The molecular weight excluding hydrogens is 393 g/mol. The molecule has 0 fully saturated rings. The Labute approximate surface area is 171 Å². The SMILES string of the molecule is O=C(Cn1c(COc2ccccc2Cl)nc2ccccc21)Nc1ccccc1F. The number of anilines is 1. The average molecular weight is 410 g/mol. The Hall–Kier alpha value is -3.38. The molecule has 5 nitrogen and oxygen atoms in total. The quantitative estimate of drug-likeness (QED) is 0.485. The summed E-state index contributed by atoms with van der Waals surface area (Å²) >= 11 is 6.15. The molecule has 4 rings (SSSR count). The van der Waals surface area contributed by atoms with Crippen LogP contribution in [-0.4, -0.2) is 15.5 Å². The van der Waals surface area contributed by atoms with Gasteiger partial charge >= 0.3 is 0 Å². The fraction of sp³-hybridized carbons (Fsp3) is 0.0909. The monoisotopic (exact) mass is 409 g/mol. The number of halogens is 2. The number of para-hydroxylation sites is 4. The molecule has 29 heavy (non-hydrogen) atoms. The van der Waals surface area contributed by atoms with Crippen LogP contribution >= 0.6 is 11.6 Å². The maximum Gasteiger partial charge on any atom is 0.244 e. The molecule has 146 valence electrons. The number of benzene rings is 3. The van der Waals surface area contributed by atoms with Crippen LogP contribution in [0.2, 0.25) is 5.02 Å². The molecule has 1 aromatic heterocycles. The first kappa shape index (κ1) is 19.0. The Kier molecular flexibility index (Phi) is 5.44. The number of aromatic nitrogens is 2. The molecule has 1 amide bonds. The molecule has 0 saturated carbocycles. The van der Waals surface area contributed by atoms with Gasteiger partial charge in [0, 0.05) is 0 Å². The summed E-state index contributed by atoms with van der Waals surface area (Å²) in [4.78, 5) is 17.1. The van der Waals surface area contributed by atoms with Crippen molar-refractivity contribution in [3.63, 3.8) is 0 Å². The molecule has 1 heterocycles. The summed E-state index contributed by atoms with van der Waals surface area (Å²) in [5, 5.41) is 3.09. The molecule has 0 atom stereocenters. The van der Waals surface area contributed by atoms with Crippen LogP contribution in [0.25, 0.3) is 11.0 Å². The van der Waals surface area contributed by atoms with Crippen molar-refractivity contribution >= 4 is 34.2 Å². The molecule has 1 N–H and O–H groups in total. The van der Waals surface area contributed by atoms with Crippen molar-refractivity contribution in [1.29, 1.82) is 0 Å². The van der Waals surface area contributed by atoms with E-state index in [-0.39, 0.29) is 24.7 Å². The Morgan fingerprint density at radius 2 is 1.76 bits per heavy atom. The highest BCUT2D eigenvalue weighted by atomic mass is 35.5. The molecule has 0 aliphatic rings. The predicted molar refractivity (Wildman–Crippen MR) is 111 cm³/mol. The largest absolute Gasteiger partial charge is 0.484 e. The predicted octanol–water partition coefficient (Wildman–Crippen LogP) is 5.05. The number of hydrogen-bond acceptors (Lipinski definition) is 3. The zero-order chi connectivity index (χ0) is 20.2. The van der Waals surface area contributed by atoms with E-state index in [4.69, 9.17) is 16.3 Å². The number of rotatable bonds is 6. The first-order valence-corrected chi connectivity index (χ1v) is 9.35. The third-order valence-electron chi connectivity index (χ3n) is 4.38. The molecule has 4 aromatic rings. The average Bonchev–Trinajstić information content (AvgIpc) is 3.06. The highest BCUT2D eigenvalue weighted by molar-refractivity contribution is 6.32. The molecule has 7 heteroatoms. The number of amides is 1. The van der Waals surface area contributed by atoms with E-state index in [1.807, 2.05) is 36.4 Å². The van der Waals surface area contributed by atoms with Crippen molar-refractivity contribution in [3.05, 3.63) is 89.5 Å². The lowest BCUT2D eigenvalue weighted by Crippen LogP contribution is -2.21. The van der Waals surface area contributed by atoms with Gasteiger partial charge in [0.15, 0.2) is 0 Å². The molecule has 0 unspecified atom stereocenters. The van der Waals surface area contributed by atoms with E-state index < -0.39 is 5.82 Å². The van der Waals surface area contributed by atoms with E-state index >= 15 is 0 Å². The van der Waals surface area contributed by atoms with E-state index in [1.54, 1.807) is 28.8 Å². The van der Waals surface area contributed by atoms with Gasteiger partial charge in [-0.05, 0) is 36.4 Å². The molecule has 0 aliphatic heterocycles. The summed E-state index contributed by atoms with van der Waals surface area (Å²) in [5.41, 5.74) is 1.66. The molecule has 0 spiro atoms. The third-order valence-corrected chi connectivity index (χ3v) is 4.69. The Morgan fingerprint density at radius 3 is 2.59 bits per heavy atom. The Balaban J connectivity index is 1.59. The third kappa shape index (κ3) is 4.22. The smallest absolute Gasteiger partial charge is 0.244 e. The van der Waals surface area contributed by atoms with Crippen LogP contribution in [0.5, 0.6) is 5.75 Å². The van der Waals surface area contributed by atoms with Gasteiger partial charge < -0.3 is 14.6 Å². The summed E-state index contributed by atoms with van der Waals surface area (Å²) < 4.78 is 21.4. The van der Waals surface area contributed by atoms with Gasteiger partial charge in [-0.3, -0.25) is 4.79 Å². The first-order valence-electron chi connectivity index (χ1n) is 8.97. The van der Waals surface area contributed by atoms with Crippen molar-refractivity contribution < 1.29 is 13.9 Å². The van der Waals surface area contributed by atoms with Crippen LogP contribution in [0, 0.1) is 5.82 Å². The van der Waals surface area contributed by atoms with Gasteiger partial charge in [-0.25, -0.2) is 9.37 Å². The highest BCUT2D eigenvalue weighted by Crippen LogP contribution is 2.25. The number of imidazole rings is 1. The molecule has 0 bridgehead atoms. The van der Waals surface area contributed by atoms with Gasteiger partial charge in [-0.1, -0.05) is 48.0 Å². The molecule has 3 aromatic carbocycles. The van der Waals surface area contributed by atoms with Crippen molar-refractivity contribution in [3.8, 4) is 5.75 Å². The second-order valence-electron chi connectivity index (χ2n) is 6.35. The molecule has 0 saturated heterocycles. The summed E-state index contributed by atoms with van der Waals surface area (Å²) in [6.45, 7) is 0.0987. The lowest BCUT2D eigenvalue weighted by Gasteiger charge is -2.12. The van der Waals surface area contributed by atoms with Crippen molar-refractivity contribution in [1.82, 2.24) is 9.55 Å². The minimum atomic E-state index is -0.487. The zero-order valence-corrected chi connectivity index (χ0v) is 16.1. The minimum Gasteiger partial charge on any atom is -0.484 e. The lowest BCUT2D eigenvalue weighted by molar-refractivity contribution is -0.116. The minimum absolute atomic E-state index is 0.0317. The van der Waals surface area contributed by atoms with Crippen LogP contribution in [-0.2, 0) is 17.9 Å². The Bertz CT molecular complexity index is 1180. The normalized spacial score (nSPS) is 10.8. The fourth-order valence-corrected chi connectivity index (χ4v) is 3.20. The lowest BCUT2D eigenvalue weighted by atomic mass is 10.3. The second kappa shape index (κ2) is 8.32. The summed E-state index contributed by atoms with van der Waals surface area (Å²) in [6, 6.07) is 20.7. The number of ether oxygens (including phenoxy) is 1. The van der Waals surface area contributed by atoms with E-state index in [9.17, 15) is 9.18 Å². The molecule has 0 aliphatic carbocycles. The highest BCUT2D eigenvalue weighted by Gasteiger charge is 2.15. The van der Waals surface area contributed by atoms with Gasteiger partial charge in [-0.15, -0.1) is 0 Å². The van der Waals surface area contributed by atoms with E-state index in [0.29, 0.717) is 16.6 Å². The van der Waals surface area contributed by atoms with Crippen molar-refractivity contribution in [2.75, 3.05) is 5.32 Å². The standard InChI is InChI=1S/C22H17ClFN3O2/c23-15-7-1-6-12-20(15)29-14-21-25-18-10-4-5-11-19(18)27(21)13-22(28)26-17-9-3-2-8-16(17)24/h1-12H,13-14H2,(H,26,28). The van der Waals surface area contributed by atoms with Crippen LogP contribution < -0.4 is 10.1 Å². The fourth-order valence-electron chi connectivity index (χ4n) is 3.01. The van der Waals surface area contributed by atoms with Crippen molar-refractivity contribution in [2.24, 2.45) is 0 Å². The van der Waals surface area contributed by atoms with Crippen LogP contribution in [0.3, 0.4) is 0 Å². The Morgan fingerprint density at radius 1 is 1.03 bits per heavy atom. The number of hydrogen-bond donors (Lipinski definition) is 1. The number of fused-ring (bicyclic) bond motifs is 1. The molecule has 0 radical (unpaired) electrons. The summed E-state index contributed by atoms with van der Waals surface area (Å²) in [5.74, 6) is 0.245. The second-order valence-corrected chi connectivity index (χ2v) is 6.76. The van der Waals surface area contributed by atoms with E-state index in [1.165, 1.54) is 12.1 Å². The molecular formula is C22H17ClFN3O2. The number of carbonyl (C=O) groups is 1. The zero-order valence-electron chi connectivity index (χ0n) is 15.3. The van der Waals surface area contributed by atoms with Crippen LogP contribution in [0.1, 0.15) is 5.82 Å². The topological polar surface area (TPSA) is 56.2 Å². The van der Waals surface area contributed by atoms with Gasteiger partial charge in [0.2, 0.25) is 5.91 Å². The first-order chi connectivity index (χ1) is 14.1. The summed E-state index contributed by atoms with van der Waals surface area (Å²) in [6.07, 6.45) is 0. The van der Waals surface area contributed by atoms with Gasteiger partial charge in [0.05, 0.1) is 21.7 Å². The number of nitrogens with one attached hydrogen (secondary N) is 1. The van der Waals surface area contributed by atoms with Gasteiger partial charge in [0.1, 0.15) is 30.5 Å². The summed E-state index contributed by atoms with van der Waals surface area (Å²) in [7, 11) is 0. The van der Waals surface area contributed by atoms with Crippen LogP contribution in [0.4, 0.5) is 10.1 Å². The number of nitrogens with zero attached hydrogens (tertiary/aromatic N) is 2.